The van der Waals surface area contributed by atoms with Gasteiger partial charge in [0.1, 0.15) is 0 Å². The Morgan fingerprint density at radius 1 is 1.20 bits per heavy atom. The Morgan fingerprint density at radius 2 is 1.88 bits per heavy atom. The van der Waals surface area contributed by atoms with Gasteiger partial charge >= 0.3 is 0 Å². The molecule has 0 spiro atoms. The lowest BCUT2D eigenvalue weighted by molar-refractivity contribution is 0.126. The summed E-state index contributed by atoms with van der Waals surface area (Å²) >= 11 is 0. The first-order chi connectivity index (χ1) is 12.0. The summed E-state index contributed by atoms with van der Waals surface area (Å²) < 4.78 is 0. The van der Waals surface area contributed by atoms with Crippen LogP contribution in [0.2, 0.25) is 0 Å². The van der Waals surface area contributed by atoms with Crippen molar-refractivity contribution >= 4 is 0 Å². The molecule has 1 aliphatic rings. The fourth-order valence-electron chi connectivity index (χ4n) is 3.79. The van der Waals surface area contributed by atoms with E-state index < -0.39 is 0 Å². The van der Waals surface area contributed by atoms with Crippen LogP contribution in [0.25, 0.3) is 0 Å². The van der Waals surface area contributed by atoms with Crippen LogP contribution in [0, 0.1) is 24.2 Å². The van der Waals surface area contributed by atoms with Crippen LogP contribution in [0.5, 0.6) is 0 Å². The van der Waals surface area contributed by atoms with Gasteiger partial charge in [0.2, 0.25) is 0 Å². The molecule has 142 valence electrons. The van der Waals surface area contributed by atoms with Crippen LogP contribution >= 0.6 is 0 Å². The topological polar surface area (TPSA) is 26.7 Å². The average Bonchev–Trinajstić information content (AvgIpc) is 2.63. The van der Waals surface area contributed by atoms with E-state index >= 15 is 0 Å². The van der Waals surface area contributed by atoms with Gasteiger partial charge in [-0.05, 0) is 49.8 Å². The molecule has 25 heavy (non-hydrogen) atoms. The Hall–Kier alpha value is -1.24. The SMILES string of the molecule is C#C/C(O)=C\C(=C/C)C(CN1CCN(C)CC1)C(CC)CCCCC. The Balaban J connectivity index is 2.92. The average molecular weight is 347 g/mol. The van der Waals surface area contributed by atoms with Crippen molar-refractivity contribution in [3.8, 4) is 12.3 Å². The number of rotatable bonds is 10. The smallest absolute Gasteiger partial charge is 0.167 e. The molecule has 1 rings (SSSR count). The second-order valence-electron chi connectivity index (χ2n) is 7.34. The zero-order valence-electron chi connectivity index (χ0n) is 16.8. The lowest BCUT2D eigenvalue weighted by Gasteiger charge is -2.37. The monoisotopic (exact) mass is 346 g/mol. The van der Waals surface area contributed by atoms with Crippen molar-refractivity contribution in [2.45, 2.75) is 52.9 Å². The molecule has 0 amide bonds. The van der Waals surface area contributed by atoms with Gasteiger partial charge in [-0.2, -0.15) is 0 Å². The van der Waals surface area contributed by atoms with Gasteiger partial charge in [-0.3, -0.25) is 0 Å². The van der Waals surface area contributed by atoms with Crippen molar-refractivity contribution in [3.63, 3.8) is 0 Å². The van der Waals surface area contributed by atoms with Crippen molar-refractivity contribution in [2.24, 2.45) is 11.8 Å². The highest BCUT2D eigenvalue weighted by Gasteiger charge is 2.26. The van der Waals surface area contributed by atoms with Gasteiger partial charge < -0.3 is 14.9 Å². The summed E-state index contributed by atoms with van der Waals surface area (Å²) in [4.78, 5) is 4.97. The van der Waals surface area contributed by atoms with Crippen molar-refractivity contribution in [3.05, 3.63) is 23.5 Å². The number of hydrogen-bond donors (Lipinski definition) is 1. The first-order valence-electron chi connectivity index (χ1n) is 9.99. The van der Waals surface area contributed by atoms with Crippen LogP contribution < -0.4 is 0 Å². The number of allylic oxidation sites excluding steroid dienone is 3. The third-order valence-electron chi connectivity index (χ3n) is 5.54. The molecule has 0 bridgehead atoms. The Bertz CT molecular complexity index is 467. The molecule has 1 fully saturated rings. The molecule has 1 saturated heterocycles. The maximum Gasteiger partial charge on any atom is 0.167 e. The number of piperazine rings is 1. The predicted octanol–water partition coefficient (Wildman–Crippen LogP) is 4.48. The molecule has 0 aromatic carbocycles. The van der Waals surface area contributed by atoms with Gasteiger partial charge in [0.25, 0.3) is 0 Å². The van der Waals surface area contributed by atoms with Crippen molar-refractivity contribution in [1.82, 2.24) is 9.80 Å². The number of hydrogen-bond acceptors (Lipinski definition) is 3. The van der Waals surface area contributed by atoms with Crippen LogP contribution in [0.15, 0.2) is 23.5 Å². The maximum absolute atomic E-state index is 9.88. The summed E-state index contributed by atoms with van der Waals surface area (Å²) in [7, 11) is 2.19. The van der Waals surface area contributed by atoms with E-state index in [9.17, 15) is 5.11 Å². The van der Waals surface area contributed by atoms with Crippen molar-refractivity contribution in [2.75, 3.05) is 39.8 Å². The highest BCUT2D eigenvalue weighted by Crippen LogP contribution is 2.31. The number of terminal acetylenes is 1. The van der Waals surface area contributed by atoms with E-state index in [1.807, 2.05) is 6.08 Å². The number of likely N-dealkylation sites (N-methyl/N-ethyl adjacent to an activating group) is 1. The maximum atomic E-state index is 9.88. The highest BCUT2D eigenvalue weighted by molar-refractivity contribution is 5.31. The minimum Gasteiger partial charge on any atom is -0.501 e. The number of unbranched alkanes of at least 4 members (excludes halogenated alkanes) is 2. The fraction of sp³-hybridized carbons (Fsp3) is 0.727. The molecular formula is C22H38N2O. The van der Waals surface area contributed by atoms with Crippen LogP contribution in [0.4, 0.5) is 0 Å². The molecule has 1 N–H and O–H groups in total. The summed E-state index contributed by atoms with van der Waals surface area (Å²) in [6.45, 7) is 12.2. The molecule has 3 heteroatoms. The van der Waals surface area contributed by atoms with E-state index in [0.29, 0.717) is 11.8 Å². The predicted molar refractivity (Wildman–Crippen MR) is 109 cm³/mol. The number of nitrogens with zero attached hydrogens (tertiary/aromatic N) is 2. The van der Waals surface area contributed by atoms with Gasteiger partial charge in [-0.15, -0.1) is 6.42 Å². The largest absolute Gasteiger partial charge is 0.501 e. The molecular weight excluding hydrogens is 308 g/mol. The molecule has 2 atom stereocenters. The molecule has 1 aliphatic heterocycles. The first kappa shape index (κ1) is 21.8. The van der Waals surface area contributed by atoms with Gasteiger partial charge in [-0.1, -0.05) is 45.6 Å². The van der Waals surface area contributed by atoms with Crippen molar-refractivity contribution < 1.29 is 5.11 Å². The zero-order chi connectivity index (χ0) is 18.7. The standard InChI is InChI=1S/C22H38N2O/c1-6-10-11-12-19(7-2)22(20(8-3)17-21(25)9-4)18-24-15-13-23(5)14-16-24/h4,8,17,19,22,25H,6-7,10-16,18H2,1-3,5H3/b20-8+,21-17+. The Labute approximate surface area is 155 Å². The molecule has 0 aliphatic carbocycles. The highest BCUT2D eigenvalue weighted by atomic mass is 16.3. The Morgan fingerprint density at radius 3 is 2.40 bits per heavy atom. The van der Waals surface area contributed by atoms with Gasteiger partial charge in [0.15, 0.2) is 5.76 Å². The van der Waals surface area contributed by atoms with E-state index in [1.165, 1.54) is 37.7 Å². The summed E-state index contributed by atoms with van der Waals surface area (Å²) in [5.74, 6) is 3.47. The minimum atomic E-state index is 0.0416. The van der Waals surface area contributed by atoms with Crippen LogP contribution in [0.3, 0.4) is 0 Å². The van der Waals surface area contributed by atoms with Crippen LogP contribution in [-0.2, 0) is 0 Å². The summed E-state index contributed by atoms with van der Waals surface area (Å²) in [6, 6.07) is 0. The fourth-order valence-corrected chi connectivity index (χ4v) is 3.79. The number of aliphatic hydroxyl groups excluding tert-OH is 1. The molecule has 0 radical (unpaired) electrons. The lowest BCUT2D eigenvalue weighted by atomic mass is 9.79. The summed E-state index contributed by atoms with van der Waals surface area (Å²) in [6.07, 6.45) is 15.6. The van der Waals surface area contributed by atoms with Crippen LogP contribution in [0.1, 0.15) is 52.9 Å². The first-order valence-corrected chi connectivity index (χ1v) is 9.99. The second kappa shape index (κ2) is 12.2. The normalized spacial score (nSPS) is 20.3. The van der Waals surface area contributed by atoms with E-state index in [2.05, 4.69) is 49.6 Å². The third kappa shape index (κ3) is 7.67. The van der Waals surface area contributed by atoms with Crippen molar-refractivity contribution in [1.29, 1.82) is 0 Å². The zero-order valence-corrected chi connectivity index (χ0v) is 16.8. The van der Waals surface area contributed by atoms with Gasteiger partial charge in [-0.25, -0.2) is 0 Å². The molecule has 3 nitrogen and oxygen atoms in total. The Kier molecular flexibility index (Phi) is 10.6. The van der Waals surface area contributed by atoms with Crippen LogP contribution in [-0.4, -0.2) is 54.7 Å². The summed E-state index contributed by atoms with van der Waals surface area (Å²) in [5.41, 5.74) is 1.19. The minimum absolute atomic E-state index is 0.0416. The third-order valence-corrected chi connectivity index (χ3v) is 5.54. The van der Waals surface area contributed by atoms with Gasteiger partial charge in [0, 0.05) is 32.7 Å². The second-order valence-corrected chi connectivity index (χ2v) is 7.34. The quantitative estimate of drug-likeness (QED) is 0.273. The molecule has 2 unspecified atom stereocenters. The van der Waals surface area contributed by atoms with E-state index in [0.717, 1.165) is 32.7 Å². The molecule has 1 heterocycles. The summed E-state index contributed by atoms with van der Waals surface area (Å²) in [5, 5.41) is 9.88. The lowest BCUT2D eigenvalue weighted by Crippen LogP contribution is -2.47. The molecule has 0 aromatic heterocycles. The molecule has 0 saturated carbocycles. The number of aliphatic hydroxyl groups is 1. The van der Waals surface area contributed by atoms with E-state index in [1.54, 1.807) is 0 Å². The molecule has 0 aromatic rings. The van der Waals surface area contributed by atoms with E-state index in [-0.39, 0.29) is 5.76 Å². The van der Waals surface area contributed by atoms with Gasteiger partial charge in [0.05, 0.1) is 0 Å². The van der Waals surface area contributed by atoms with E-state index in [4.69, 9.17) is 6.42 Å².